The van der Waals surface area contributed by atoms with Gasteiger partial charge in [-0.25, -0.2) is 4.39 Å². The molecule has 1 N–H and O–H groups in total. The van der Waals surface area contributed by atoms with Crippen LogP contribution in [-0.2, 0) is 0 Å². The predicted octanol–water partition coefficient (Wildman–Crippen LogP) is 2.84. The average molecular weight is 189 g/mol. The van der Waals surface area contributed by atoms with Crippen LogP contribution in [0.25, 0.3) is 0 Å². The molecule has 0 fully saturated rings. The van der Waals surface area contributed by atoms with E-state index in [2.05, 4.69) is 0 Å². The van der Waals surface area contributed by atoms with Crippen LogP contribution in [0, 0.1) is 12.7 Å². The van der Waals surface area contributed by atoms with Crippen LogP contribution in [0.5, 0.6) is 0 Å². The van der Waals surface area contributed by atoms with Crippen LogP contribution in [0.1, 0.15) is 24.2 Å². The molecule has 0 aliphatic rings. The maximum absolute atomic E-state index is 13.0. The molecule has 0 spiro atoms. The summed E-state index contributed by atoms with van der Waals surface area (Å²) in [6.45, 7) is 3.26. The topological polar surface area (TPSA) is 20.2 Å². The monoisotopic (exact) mass is 188 g/mol. The first-order chi connectivity index (χ1) is 5.54. The van der Waals surface area contributed by atoms with Crippen molar-refractivity contribution in [3.63, 3.8) is 0 Å². The lowest BCUT2D eigenvalue weighted by Gasteiger charge is -2.10. The number of aryl methyl sites for hydroxylation is 1. The largest absolute Gasteiger partial charge is 0.389 e. The van der Waals surface area contributed by atoms with Gasteiger partial charge in [0.05, 0.1) is 11.1 Å². The van der Waals surface area contributed by atoms with Gasteiger partial charge >= 0.3 is 0 Å². The fourth-order valence-electron chi connectivity index (χ4n) is 1.06. The van der Waals surface area contributed by atoms with E-state index in [0.717, 1.165) is 5.56 Å². The summed E-state index contributed by atoms with van der Waals surface area (Å²) in [6.07, 6.45) is -0.864. The summed E-state index contributed by atoms with van der Waals surface area (Å²) >= 11 is 5.79. The number of hydrogen-bond acceptors (Lipinski definition) is 1. The number of benzene rings is 1. The molecule has 1 nitrogen and oxygen atoms in total. The van der Waals surface area contributed by atoms with E-state index in [1.807, 2.05) is 0 Å². The van der Waals surface area contributed by atoms with Crippen LogP contribution in [0.15, 0.2) is 12.1 Å². The van der Waals surface area contributed by atoms with Crippen molar-refractivity contribution in [1.82, 2.24) is 0 Å². The van der Waals surface area contributed by atoms with Crippen LogP contribution in [-0.4, -0.2) is 5.11 Å². The molecule has 0 heterocycles. The van der Waals surface area contributed by atoms with Gasteiger partial charge in [-0.1, -0.05) is 17.7 Å². The highest BCUT2D eigenvalue weighted by Crippen LogP contribution is 2.28. The zero-order valence-electron chi connectivity index (χ0n) is 6.94. The molecule has 0 aromatic heterocycles. The van der Waals surface area contributed by atoms with Gasteiger partial charge in [0.25, 0.3) is 0 Å². The van der Waals surface area contributed by atoms with E-state index in [-0.39, 0.29) is 5.56 Å². The molecular formula is C9H10ClFO. The van der Waals surface area contributed by atoms with Crippen LogP contribution >= 0.6 is 11.6 Å². The van der Waals surface area contributed by atoms with Crippen LogP contribution in [0.2, 0.25) is 5.02 Å². The standard InChI is InChI=1S/C9H10ClFO/c1-5-3-4-7(11)8(6(2)12)9(5)10/h3-4,6,12H,1-2H3. The van der Waals surface area contributed by atoms with Crippen molar-refractivity contribution in [2.75, 3.05) is 0 Å². The lowest BCUT2D eigenvalue weighted by molar-refractivity contribution is 0.194. The van der Waals surface area contributed by atoms with Crippen molar-refractivity contribution in [3.05, 3.63) is 34.1 Å². The lowest BCUT2D eigenvalue weighted by Crippen LogP contribution is -1.98. The number of halogens is 2. The highest BCUT2D eigenvalue weighted by atomic mass is 35.5. The van der Waals surface area contributed by atoms with Gasteiger partial charge in [0.2, 0.25) is 0 Å². The van der Waals surface area contributed by atoms with E-state index in [1.165, 1.54) is 13.0 Å². The van der Waals surface area contributed by atoms with E-state index in [9.17, 15) is 9.50 Å². The normalized spacial score (nSPS) is 13.1. The van der Waals surface area contributed by atoms with E-state index in [4.69, 9.17) is 11.6 Å². The third kappa shape index (κ3) is 1.59. The zero-order chi connectivity index (χ0) is 9.30. The molecule has 0 saturated carbocycles. The van der Waals surface area contributed by atoms with Gasteiger partial charge in [-0.2, -0.15) is 0 Å². The Morgan fingerprint density at radius 3 is 2.50 bits per heavy atom. The van der Waals surface area contributed by atoms with Crippen molar-refractivity contribution in [2.24, 2.45) is 0 Å². The Morgan fingerprint density at radius 2 is 2.08 bits per heavy atom. The third-order valence-corrected chi connectivity index (χ3v) is 2.24. The van der Waals surface area contributed by atoms with Crippen LogP contribution in [0.3, 0.4) is 0 Å². The predicted molar refractivity (Wildman–Crippen MR) is 46.8 cm³/mol. The molecule has 0 radical (unpaired) electrons. The fraction of sp³-hybridized carbons (Fsp3) is 0.333. The molecule has 1 rings (SSSR count). The molecule has 1 atom stereocenters. The van der Waals surface area contributed by atoms with Crippen molar-refractivity contribution in [1.29, 1.82) is 0 Å². The van der Waals surface area contributed by atoms with E-state index < -0.39 is 11.9 Å². The van der Waals surface area contributed by atoms with Crippen molar-refractivity contribution in [3.8, 4) is 0 Å². The van der Waals surface area contributed by atoms with Gasteiger partial charge in [0.1, 0.15) is 5.82 Å². The first kappa shape index (κ1) is 9.49. The van der Waals surface area contributed by atoms with Crippen molar-refractivity contribution < 1.29 is 9.50 Å². The Balaban J connectivity index is 3.33. The lowest BCUT2D eigenvalue weighted by atomic mass is 10.1. The molecule has 0 aliphatic heterocycles. The number of aliphatic hydroxyl groups excluding tert-OH is 1. The van der Waals surface area contributed by atoms with Gasteiger partial charge in [-0.3, -0.25) is 0 Å². The van der Waals surface area contributed by atoms with Gasteiger partial charge in [-0.05, 0) is 25.5 Å². The summed E-state index contributed by atoms with van der Waals surface area (Å²) < 4.78 is 13.0. The molecule has 0 saturated heterocycles. The Hall–Kier alpha value is -0.600. The first-order valence-corrected chi connectivity index (χ1v) is 4.04. The fourth-order valence-corrected chi connectivity index (χ4v) is 1.37. The minimum atomic E-state index is -0.864. The Morgan fingerprint density at radius 1 is 1.50 bits per heavy atom. The van der Waals surface area contributed by atoms with Gasteiger partial charge in [0.15, 0.2) is 0 Å². The van der Waals surface area contributed by atoms with E-state index in [1.54, 1.807) is 13.0 Å². The molecular weight excluding hydrogens is 179 g/mol. The molecule has 0 amide bonds. The zero-order valence-corrected chi connectivity index (χ0v) is 7.69. The molecule has 66 valence electrons. The van der Waals surface area contributed by atoms with Crippen LogP contribution in [0.4, 0.5) is 4.39 Å². The maximum atomic E-state index is 13.0. The molecule has 0 bridgehead atoms. The highest BCUT2D eigenvalue weighted by Gasteiger charge is 2.13. The maximum Gasteiger partial charge on any atom is 0.130 e. The third-order valence-electron chi connectivity index (χ3n) is 1.74. The summed E-state index contributed by atoms with van der Waals surface area (Å²) in [7, 11) is 0. The SMILES string of the molecule is Cc1ccc(F)c(C(C)O)c1Cl. The second-order valence-corrected chi connectivity index (χ2v) is 3.15. The van der Waals surface area contributed by atoms with Gasteiger partial charge < -0.3 is 5.11 Å². The van der Waals surface area contributed by atoms with E-state index >= 15 is 0 Å². The minimum Gasteiger partial charge on any atom is -0.389 e. The molecule has 0 aliphatic carbocycles. The summed E-state index contributed by atoms with van der Waals surface area (Å²) in [5, 5.41) is 9.50. The Bertz CT molecular complexity index is 297. The van der Waals surface area contributed by atoms with Gasteiger partial charge in [-0.15, -0.1) is 0 Å². The number of hydrogen-bond donors (Lipinski definition) is 1. The van der Waals surface area contributed by atoms with Crippen LogP contribution < -0.4 is 0 Å². The Labute approximate surface area is 75.8 Å². The summed E-state index contributed by atoms with van der Waals surface area (Å²) in [5.41, 5.74) is 0.950. The summed E-state index contributed by atoms with van der Waals surface area (Å²) in [5.74, 6) is -0.458. The minimum absolute atomic E-state index is 0.177. The number of aliphatic hydroxyl groups is 1. The molecule has 12 heavy (non-hydrogen) atoms. The second kappa shape index (κ2) is 3.42. The Kier molecular flexibility index (Phi) is 2.70. The van der Waals surface area contributed by atoms with Crippen molar-refractivity contribution in [2.45, 2.75) is 20.0 Å². The van der Waals surface area contributed by atoms with Crippen molar-refractivity contribution >= 4 is 11.6 Å². The molecule has 3 heteroatoms. The van der Waals surface area contributed by atoms with E-state index in [0.29, 0.717) is 5.02 Å². The number of rotatable bonds is 1. The smallest absolute Gasteiger partial charge is 0.130 e. The first-order valence-electron chi connectivity index (χ1n) is 3.66. The molecule has 1 aromatic carbocycles. The summed E-state index contributed by atoms with van der Waals surface area (Å²) in [4.78, 5) is 0. The van der Waals surface area contributed by atoms with Gasteiger partial charge in [0, 0.05) is 5.56 Å². The molecule has 1 unspecified atom stereocenters. The quantitative estimate of drug-likeness (QED) is 0.719. The highest BCUT2D eigenvalue weighted by molar-refractivity contribution is 6.32. The molecule has 1 aromatic rings. The second-order valence-electron chi connectivity index (χ2n) is 2.77. The average Bonchev–Trinajstić information content (AvgIpc) is 1.97. The summed E-state index contributed by atoms with van der Waals surface area (Å²) in [6, 6.07) is 2.90.